The third-order valence-corrected chi connectivity index (χ3v) is 4.62. The Bertz CT molecular complexity index is 755. The second-order valence-corrected chi connectivity index (χ2v) is 6.38. The van der Waals surface area contributed by atoms with Crippen LogP contribution < -0.4 is 4.74 Å². The van der Waals surface area contributed by atoms with Gasteiger partial charge in [-0.05, 0) is 42.3 Å². The molecule has 1 amide bonds. The van der Waals surface area contributed by atoms with Crippen molar-refractivity contribution in [3.8, 4) is 5.75 Å². The lowest BCUT2D eigenvalue weighted by Crippen LogP contribution is -2.48. The van der Waals surface area contributed by atoms with Gasteiger partial charge in [0.2, 0.25) is 0 Å². The zero-order valence-corrected chi connectivity index (χ0v) is 14.7. The van der Waals surface area contributed by atoms with Gasteiger partial charge in [0.1, 0.15) is 11.6 Å². The van der Waals surface area contributed by atoms with Crippen LogP contribution >= 0.6 is 0 Å². The van der Waals surface area contributed by atoms with Crippen molar-refractivity contribution in [3.05, 3.63) is 65.0 Å². The van der Waals surface area contributed by atoms with Gasteiger partial charge in [0.25, 0.3) is 5.91 Å². The van der Waals surface area contributed by atoms with Crippen LogP contribution in [0.2, 0.25) is 0 Å². The van der Waals surface area contributed by atoms with Gasteiger partial charge in [-0.2, -0.15) is 0 Å². The molecular weight excluding hydrogens is 319 g/mol. The summed E-state index contributed by atoms with van der Waals surface area (Å²) >= 11 is 0. The summed E-state index contributed by atoms with van der Waals surface area (Å²) in [5.74, 6) is 0.426. The average molecular weight is 342 g/mol. The van der Waals surface area contributed by atoms with E-state index in [2.05, 4.69) is 11.0 Å². The first-order valence-electron chi connectivity index (χ1n) is 8.47. The molecule has 1 aliphatic heterocycles. The summed E-state index contributed by atoms with van der Waals surface area (Å²) in [4.78, 5) is 16.6. The predicted octanol–water partition coefficient (Wildman–Crippen LogP) is 3.10. The molecule has 0 unspecified atom stereocenters. The van der Waals surface area contributed by atoms with E-state index in [9.17, 15) is 9.18 Å². The Kier molecular flexibility index (Phi) is 5.34. The van der Waals surface area contributed by atoms with E-state index in [4.69, 9.17) is 4.74 Å². The number of carbonyl (C=O) groups excluding carboxylic acids is 1. The molecule has 25 heavy (non-hydrogen) atoms. The number of carbonyl (C=O) groups is 1. The van der Waals surface area contributed by atoms with E-state index in [1.165, 1.54) is 11.6 Å². The molecule has 5 heteroatoms. The number of methoxy groups -OCH3 is 1. The van der Waals surface area contributed by atoms with Crippen LogP contribution in [-0.4, -0.2) is 49.0 Å². The van der Waals surface area contributed by atoms with Crippen LogP contribution in [0.4, 0.5) is 4.39 Å². The fourth-order valence-corrected chi connectivity index (χ4v) is 3.05. The zero-order valence-electron chi connectivity index (χ0n) is 14.7. The number of ether oxygens (including phenoxy) is 1. The molecule has 3 rings (SSSR count). The Morgan fingerprint density at radius 1 is 1.12 bits per heavy atom. The predicted molar refractivity (Wildman–Crippen MR) is 95.3 cm³/mol. The molecular formula is C20H23FN2O2. The molecule has 0 aliphatic carbocycles. The lowest BCUT2D eigenvalue weighted by molar-refractivity contribution is 0.0628. The van der Waals surface area contributed by atoms with Crippen molar-refractivity contribution in [1.29, 1.82) is 0 Å². The first kappa shape index (κ1) is 17.4. The Morgan fingerprint density at radius 3 is 2.56 bits per heavy atom. The number of halogens is 1. The number of hydrogen-bond acceptors (Lipinski definition) is 3. The van der Waals surface area contributed by atoms with Crippen LogP contribution in [0.5, 0.6) is 5.75 Å². The van der Waals surface area contributed by atoms with Crippen LogP contribution in [0, 0.1) is 12.7 Å². The molecule has 1 fully saturated rings. The van der Waals surface area contributed by atoms with Crippen LogP contribution in [0.1, 0.15) is 21.5 Å². The molecule has 0 aromatic heterocycles. The van der Waals surface area contributed by atoms with Crippen molar-refractivity contribution in [2.24, 2.45) is 0 Å². The molecule has 1 saturated heterocycles. The van der Waals surface area contributed by atoms with E-state index in [0.717, 1.165) is 25.4 Å². The van der Waals surface area contributed by atoms with Crippen molar-refractivity contribution in [3.63, 3.8) is 0 Å². The maximum absolute atomic E-state index is 13.7. The fourth-order valence-electron chi connectivity index (χ4n) is 3.05. The van der Waals surface area contributed by atoms with Gasteiger partial charge in [-0.1, -0.05) is 18.2 Å². The standard InChI is InChI=1S/C20H23FN2O2/c1-15-6-7-17(13-19(15)21)20(24)23-10-8-22(9-11-23)14-16-4-3-5-18(12-16)25-2/h3-7,12-13H,8-11,14H2,1-2H3. The Hall–Kier alpha value is -2.40. The van der Waals surface area contributed by atoms with Gasteiger partial charge in [-0.25, -0.2) is 4.39 Å². The second kappa shape index (κ2) is 7.66. The van der Waals surface area contributed by atoms with E-state index in [1.54, 1.807) is 31.1 Å². The molecule has 1 aliphatic rings. The average Bonchev–Trinajstić information content (AvgIpc) is 2.64. The molecule has 0 spiro atoms. The SMILES string of the molecule is COc1cccc(CN2CCN(C(=O)c3ccc(C)c(F)c3)CC2)c1. The van der Waals surface area contributed by atoms with Gasteiger partial charge in [-0.15, -0.1) is 0 Å². The van der Waals surface area contributed by atoms with Gasteiger partial charge in [0.05, 0.1) is 7.11 Å². The van der Waals surface area contributed by atoms with Gasteiger partial charge in [0, 0.05) is 38.3 Å². The fraction of sp³-hybridized carbons (Fsp3) is 0.350. The highest BCUT2D eigenvalue weighted by atomic mass is 19.1. The molecule has 2 aromatic rings. The van der Waals surface area contributed by atoms with Crippen LogP contribution in [-0.2, 0) is 6.54 Å². The normalized spacial score (nSPS) is 15.2. The minimum Gasteiger partial charge on any atom is -0.497 e. The minimum absolute atomic E-state index is 0.0973. The number of rotatable bonds is 4. The van der Waals surface area contributed by atoms with Crippen molar-refractivity contribution < 1.29 is 13.9 Å². The summed E-state index contributed by atoms with van der Waals surface area (Å²) in [6.07, 6.45) is 0. The topological polar surface area (TPSA) is 32.8 Å². The third-order valence-electron chi connectivity index (χ3n) is 4.62. The monoisotopic (exact) mass is 342 g/mol. The highest BCUT2D eigenvalue weighted by Crippen LogP contribution is 2.17. The van der Waals surface area contributed by atoms with Gasteiger partial charge in [-0.3, -0.25) is 9.69 Å². The minimum atomic E-state index is -0.331. The lowest BCUT2D eigenvalue weighted by Gasteiger charge is -2.34. The van der Waals surface area contributed by atoms with E-state index in [0.29, 0.717) is 24.2 Å². The Labute approximate surface area is 147 Å². The lowest BCUT2D eigenvalue weighted by atomic mass is 10.1. The highest BCUT2D eigenvalue weighted by molar-refractivity contribution is 5.94. The van der Waals surface area contributed by atoms with Crippen molar-refractivity contribution >= 4 is 5.91 Å². The number of benzene rings is 2. The van der Waals surface area contributed by atoms with Crippen LogP contribution in [0.25, 0.3) is 0 Å². The maximum atomic E-state index is 13.7. The summed E-state index contributed by atoms with van der Waals surface area (Å²) in [5.41, 5.74) is 2.17. The summed E-state index contributed by atoms with van der Waals surface area (Å²) < 4.78 is 18.9. The molecule has 132 valence electrons. The number of piperazine rings is 1. The van der Waals surface area contributed by atoms with Crippen molar-refractivity contribution in [1.82, 2.24) is 9.80 Å². The van der Waals surface area contributed by atoms with E-state index in [-0.39, 0.29) is 11.7 Å². The third kappa shape index (κ3) is 4.17. The largest absolute Gasteiger partial charge is 0.497 e. The molecule has 4 nitrogen and oxygen atoms in total. The summed E-state index contributed by atoms with van der Waals surface area (Å²) in [6, 6.07) is 12.7. The van der Waals surface area contributed by atoms with E-state index >= 15 is 0 Å². The number of aryl methyl sites for hydroxylation is 1. The molecule has 0 atom stereocenters. The van der Waals surface area contributed by atoms with E-state index < -0.39 is 0 Å². The highest BCUT2D eigenvalue weighted by Gasteiger charge is 2.22. The second-order valence-electron chi connectivity index (χ2n) is 6.38. The number of hydrogen-bond donors (Lipinski definition) is 0. The molecule has 2 aromatic carbocycles. The zero-order chi connectivity index (χ0) is 17.8. The van der Waals surface area contributed by atoms with Crippen LogP contribution in [0.3, 0.4) is 0 Å². The van der Waals surface area contributed by atoms with Gasteiger partial charge >= 0.3 is 0 Å². The number of nitrogens with zero attached hydrogens (tertiary/aromatic N) is 2. The van der Waals surface area contributed by atoms with Crippen molar-refractivity contribution in [2.75, 3.05) is 33.3 Å². The van der Waals surface area contributed by atoms with Gasteiger partial charge in [0.15, 0.2) is 0 Å². The molecule has 0 N–H and O–H groups in total. The van der Waals surface area contributed by atoms with Crippen molar-refractivity contribution in [2.45, 2.75) is 13.5 Å². The van der Waals surface area contributed by atoms with E-state index in [1.807, 2.05) is 18.2 Å². The molecule has 0 radical (unpaired) electrons. The summed E-state index contributed by atoms with van der Waals surface area (Å²) in [5, 5.41) is 0. The summed E-state index contributed by atoms with van der Waals surface area (Å²) in [6.45, 7) is 5.44. The van der Waals surface area contributed by atoms with Gasteiger partial charge < -0.3 is 9.64 Å². The summed E-state index contributed by atoms with van der Waals surface area (Å²) in [7, 11) is 1.66. The molecule has 0 saturated carbocycles. The Morgan fingerprint density at radius 2 is 1.88 bits per heavy atom. The molecule has 0 bridgehead atoms. The Balaban J connectivity index is 1.57. The quantitative estimate of drug-likeness (QED) is 0.856. The maximum Gasteiger partial charge on any atom is 0.254 e. The number of amides is 1. The first-order chi connectivity index (χ1) is 12.1. The molecule has 1 heterocycles. The first-order valence-corrected chi connectivity index (χ1v) is 8.47. The smallest absolute Gasteiger partial charge is 0.254 e. The van der Waals surface area contributed by atoms with Crippen LogP contribution in [0.15, 0.2) is 42.5 Å².